The van der Waals surface area contributed by atoms with Gasteiger partial charge in [-0.1, -0.05) is 194 Å². The number of nitrogens with zero attached hydrogens (tertiary/aromatic N) is 1. The summed E-state index contributed by atoms with van der Waals surface area (Å²) in [7, 11) is 0. The Morgan fingerprint density at radius 3 is 1.53 bits per heavy atom. The van der Waals surface area contributed by atoms with Crippen molar-refractivity contribution in [3.63, 3.8) is 0 Å². The highest BCUT2D eigenvalue weighted by molar-refractivity contribution is 6.21. The SMILES string of the molecule is c1ccc(-c2cccc(N(c3ccc(-c4cc5c6ccccc6ccc5c5ccccc45)cc3)c3ccc(-c4cccc5ccccc45)c(-c4ccccc4)c3)c2)cc1. The molecule has 1 heteroatoms. The Balaban J connectivity index is 1.10. The molecule has 0 unspecified atom stereocenters. The molecule has 1 nitrogen and oxygen atoms in total. The van der Waals surface area contributed by atoms with Crippen LogP contribution in [0.25, 0.3) is 87.6 Å². The Kier molecular flexibility index (Phi) is 8.56. The summed E-state index contributed by atoms with van der Waals surface area (Å²) in [6, 6.07) is 86.3. The maximum absolute atomic E-state index is 2.40. The fraction of sp³-hybridized carbons (Fsp3) is 0. The second-order valence-corrected chi connectivity index (χ2v) is 15.3. The third-order valence-corrected chi connectivity index (χ3v) is 11.8. The number of benzene rings is 11. The van der Waals surface area contributed by atoms with Crippen LogP contribution in [0.2, 0.25) is 0 Å². The quantitative estimate of drug-likeness (QED) is 0.147. The van der Waals surface area contributed by atoms with Gasteiger partial charge in [-0.3, -0.25) is 0 Å². The zero-order valence-electron chi connectivity index (χ0n) is 32.5. The minimum atomic E-state index is 1.09. The fourth-order valence-electron chi connectivity index (χ4n) is 9.02. The standard InChI is InChI=1S/C58H39N/c1-3-15-40(16-4-1)45-22-13-23-47(37-45)59(48-34-36-54(56(38-48)42-17-5-2-6-18-42)51-28-14-21-41-19-7-9-24-49(41)51)46-32-29-44(30-33-46)57-39-58-50-25-10-8-20-43(50)31-35-55(58)52-26-11-12-27-53(52)57/h1-39H. The van der Waals surface area contributed by atoms with Crippen molar-refractivity contribution in [2.75, 3.05) is 4.90 Å². The Morgan fingerprint density at radius 1 is 0.203 bits per heavy atom. The van der Waals surface area contributed by atoms with E-state index in [9.17, 15) is 0 Å². The van der Waals surface area contributed by atoms with E-state index in [2.05, 4.69) is 241 Å². The van der Waals surface area contributed by atoms with Crippen molar-refractivity contribution >= 4 is 60.2 Å². The van der Waals surface area contributed by atoms with Gasteiger partial charge in [0.15, 0.2) is 0 Å². The average Bonchev–Trinajstić information content (AvgIpc) is 3.32. The lowest BCUT2D eigenvalue weighted by molar-refractivity contribution is 1.28. The van der Waals surface area contributed by atoms with Crippen molar-refractivity contribution in [2.24, 2.45) is 0 Å². The second-order valence-electron chi connectivity index (χ2n) is 15.3. The summed E-state index contributed by atoms with van der Waals surface area (Å²) in [5.74, 6) is 0. The smallest absolute Gasteiger partial charge is 0.0468 e. The van der Waals surface area contributed by atoms with Gasteiger partial charge in [0, 0.05) is 17.1 Å². The van der Waals surface area contributed by atoms with Gasteiger partial charge in [-0.25, -0.2) is 0 Å². The maximum atomic E-state index is 2.40. The van der Waals surface area contributed by atoms with Gasteiger partial charge in [0.25, 0.3) is 0 Å². The number of rotatable bonds is 7. The third kappa shape index (κ3) is 6.21. The van der Waals surface area contributed by atoms with Gasteiger partial charge in [-0.05, 0) is 130 Å². The molecule has 0 aromatic heterocycles. The number of anilines is 3. The highest BCUT2D eigenvalue weighted by Gasteiger charge is 2.19. The van der Waals surface area contributed by atoms with Crippen LogP contribution in [0.1, 0.15) is 0 Å². The van der Waals surface area contributed by atoms with Crippen LogP contribution >= 0.6 is 0 Å². The molecule has 0 aliphatic rings. The van der Waals surface area contributed by atoms with Crippen LogP contribution in [0.15, 0.2) is 237 Å². The van der Waals surface area contributed by atoms with Crippen LogP contribution in [0.3, 0.4) is 0 Å². The van der Waals surface area contributed by atoms with E-state index in [0.29, 0.717) is 0 Å². The van der Waals surface area contributed by atoms with Crippen LogP contribution in [0.5, 0.6) is 0 Å². The lowest BCUT2D eigenvalue weighted by Crippen LogP contribution is -2.10. The largest absolute Gasteiger partial charge is 0.310 e. The first-order chi connectivity index (χ1) is 29.3. The van der Waals surface area contributed by atoms with E-state index < -0.39 is 0 Å². The third-order valence-electron chi connectivity index (χ3n) is 11.8. The molecule has 0 heterocycles. The minimum absolute atomic E-state index is 1.09. The van der Waals surface area contributed by atoms with Crippen molar-refractivity contribution in [3.8, 4) is 44.5 Å². The van der Waals surface area contributed by atoms with Gasteiger partial charge in [-0.15, -0.1) is 0 Å². The Labute approximate surface area is 344 Å². The number of fused-ring (bicyclic) bond motifs is 6. The van der Waals surface area contributed by atoms with E-state index in [1.807, 2.05) is 0 Å². The van der Waals surface area contributed by atoms with Gasteiger partial charge < -0.3 is 4.90 Å². The molecule has 0 aliphatic heterocycles. The van der Waals surface area contributed by atoms with Crippen molar-refractivity contribution in [3.05, 3.63) is 237 Å². The molecule has 59 heavy (non-hydrogen) atoms. The molecule has 11 rings (SSSR count). The minimum Gasteiger partial charge on any atom is -0.310 e. The number of hydrogen-bond acceptors (Lipinski definition) is 1. The van der Waals surface area contributed by atoms with E-state index in [1.54, 1.807) is 0 Å². The van der Waals surface area contributed by atoms with E-state index >= 15 is 0 Å². The van der Waals surface area contributed by atoms with E-state index in [1.165, 1.54) is 87.6 Å². The van der Waals surface area contributed by atoms with E-state index in [0.717, 1.165) is 17.1 Å². The molecule has 0 N–H and O–H groups in total. The zero-order valence-corrected chi connectivity index (χ0v) is 32.5. The summed E-state index contributed by atoms with van der Waals surface area (Å²) < 4.78 is 0. The summed E-state index contributed by atoms with van der Waals surface area (Å²) in [5, 5.41) is 10.1. The molecule has 0 amide bonds. The van der Waals surface area contributed by atoms with Crippen molar-refractivity contribution in [1.82, 2.24) is 0 Å². The molecule has 0 spiro atoms. The predicted molar refractivity (Wildman–Crippen MR) is 253 cm³/mol. The molecule has 11 aromatic rings. The van der Waals surface area contributed by atoms with Crippen LogP contribution in [-0.2, 0) is 0 Å². The Bertz CT molecular complexity index is 3310. The molecule has 11 aromatic carbocycles. The first kappa shape index (κ1) is 34.5. The molecule has 0 bridgehead atoms. The summed E-state index contributed by atoms with van der Waals surface area (Å²) >= 11 is 0. The van der Waals surface area contributed by atoms with Gasteiger partial charge >= 0.3 is 0 Å². The summed E-state index contributed by atoms with van der Waals surface area (Å²) in [6.07, 6.45) is 0. The van der Waals surface area contributed by atoms with Crippen molar-refractivity contribution < 1.29 is 0 Å². The van der Waals surface area contributed by atoms with Crippen molar-refractivity contribution in [2.45, 2.75) is 0 Å². The molecule has 0 saturated heterocycles. The fourth-order valence-corrected chi connectivity index (χ4v) is 9.02. The molecule has 0 radical (unpaired) electrons. The summed E-state index contributed by atoms with van der Waals surface area (Å²) in [5.41, 5.74) is 12.9. The Morgan fingerprint density at radius 2 is 0.746 bits per heavy atom. The second kappa shape index (κ2) is 14.6. The van der Waals surface area contributed by atoms with Gasteiger partial charge in [0.1, 0.15) is 0 Å². The monoisotopic (exact) mass is 749 g/mol. The maximum Gasteiger partial charge on any atom is 0.0468 e. The lowest BCUT2D eigenvalue weighted by Gasteiger charge is -2.27. The highest BCUT2D eigenvalue weighted by atomic mass is 15.1. The molecular formula is C58H39N. The van der Waals surface area contributed by atoms with E-state index in [4.69, 9.17) is 0 Å². The normalized spacial score (nSPS) is 11.4. The van der Waals surface area contributed by atoms with Crippen LogP contribution in [-0.4, -0.2) is 0 Å². The molecule has 0 saturated carbocycles. The van der Waals surface area contributed by atoms with Gasteiger partial charge in [-0.2, -0.15) is 0 Å². The molecule has 0 atom stereocenters. The van der Waals surface area contributed by atoms with Crippen LogP contribution in [0.4, 0.5) is 17.1 Å². The van der Waals surface area contributed by atoms with Gasteiger partial charge in [0.05, 0.1) is 0 Å². The van der Waals surface area contributed by atoms with E-state index in [-0.39, 0.29) is 0 Å². The molecule has 276 valence electrons. The van der Waals surface area contributed by atoms with Crippen LogP contribution < -0.4 is 4.90 Å². The molecule has 0 aliphatic carbocycles. The van der Waals surface area contributed by atoms with Crippen LogP contribution in [0, 0.1) is 0 Å². The number of hydrogen-bond donors (Lipinski definition) is 0. The molecule has 0 fully saturated rings. The summed E-state index contributed by atoms with van der Waals surface area (Å²) in [4.78, 5) is 2.40. The zero-order chi connectivity index (χ0) is 39.1. The molecular weight excluding hydrogens is 711 g/mol. The van der Waals surface area contributed by atoms with Gasteiger partial charge in [0.2, 0.25) is 0 Å². The first-order valence-corrected chi connectivity index (χ1v) is 20.3. The highest BCUT2D eigenvalue weighted by Crippen LogP contribution is 2.44. The topological polar surface area (TPSA) is 3.24 Å². The van der Waals surface area contributed by atoms with Crippen molar-refractivity contribution in [1.29, 1.82) is 0 Å². The summed E-state index contributed by atoms with van der Waals surface area (Å²) in [6.45, 7) is 0. The Hall–Kier alpha value is -7.74. The lowest BCUT2D eigenvalue weighted by atomic mass is 9.90. The predicted octanol–water partition coefficient (Wildman–Crippen LogP) is 16.4. The first-order valence-electron chi connectivity index (χ1n) is 20.3. The average molecular weight is 750 g/mol.